The Balaban J connectivity index is 4.08. The lowest BCUT2D eigenvalue weighted by Gasteiger charge is -2.22. The van der Waals surface area contributed by atoms with Crippen LogP contribution in [0.4, 0.5) is 0 Å². The smallest absolute Gasteiger partial charge is 0.239 e. The molecule has 0 aromatic carbocycles. The Kier molecular flexibility index (Phi) is 8.26. The zero-order valence-electron chi connectivity index (χ0n) is 14.1. The first-order valence-electron chi connectivity index (χ1n) is 7.42. The Bertz CT molecular complexity index is 318. The molecule has 0 fully saturated rings. The van der Waals surface area contributed by atoms with E-state index in [2.05, 4.69) is 41.7 Å². The summed E-state index contributed by atoms with van der Waals surface area (Å²) in [4.78, 5) is 15.9. The fourth-order valence-electron chi connectivity index (χ4n) is 1.71. The second kappa shape index (κ2) is 8.82. The highest BCUT2D eigenvalue weighted by Crippen LogP contribution is 2.06. The summed E-state index contributed by atoms with van der Waals surface area (Å²) in [6, 6.07) is 0.342. The van der Waals surface area contributed by atoms with E-state index in [1.165, 1.54) is 6.42 Å². The van der Waals surface area contributed by atoms with Crippen LogP contribution in [-0.2, 0) is 4.79 Å². The predicted octanol–water partition coefficient (Wildman–Crippen LogP) is 1.89. The molecule has 20 heavy (non-hydrogen) atoms. The van der Waals surface area contributed by atoms with Crippen molar-refractivity contribution in [2.75, 3.05) is 13.6 Å². The molecule has 0 rings (SSSR count). The van der Waals surface area contributed by atoms with Gasteiger partial charge in [-0.05, 0) is 46.5 Å². The van der Waals surface area contributed by atoms with Crippen molar-refractivity contribution >= 4 is 11.9 Å². The number of amides is 1. The molecule has 1 unspecified atom stereocenters. The zero-order chi connectivity index (χ0) is 15.8. The van der Waals surface area contributed by atoms with E-state index in [9.17, 15) is 4.79 Å². The number of hydrogen-bond acceptors (Lipinski definition) is 2. The lowest BCUT2D eigenvalue weighted by molar-refractivity contribution is -0.121. The Morgan fingerprint density at radius 1 is 1.15 bits per heavy atom. The van der Waals surface area contributed by atoms with Gasteiger partial charge in [-0.1, -0.05) is 13.8 Å². The van der Waals surface area contributed by atoms with E-state index in [1.807, 2.05) is 20.8 Å². The van der Waals surface area contributed by atoms with Crippen LogP contribution in [0.5, 0.6) is 0 Å². The second-order valence-electron chi connectivity index (χ2n) is 6.74. The number of carbonyl (C=O) groups is 1. The number of nitrogens with zero attached hydrogens (tertiary/aromatic N) is 1. The van der Waals surface area contributed by atoms with Crippen LogP contribution in [0.25, 0.3) is 0 Å². The highest BCUT2D eigenvalue weighted by molar-refractivity contribution is 5.86. The maximum atomic E-state index is 11.7. The lowest BCUT2D eigenvalue weighted by Crippen LogP contribution is -2.49. The highest BCUT2D eigenvalue weighted by Gasteiger charge is 2.14. The summed E-state index contributed by atoms with van der Waals surface area (Å²) in [5.74, 6) is 1.34. The molecule has 0 aromatic rings. The first-order valence-corrected chi connectivity index (χ1v) is 7.42. The number of guanidine groups is 1. The third kappa shape index (κ3) is 10.6. The summed E-state index contributed by atoms with van der Waals surface area (Å²) in [5.41, 5.74) is -0.208. The topological polar surface area (TPSA) is 65.5 Å². The summed E-state index contributed by atoms with van der Waals surface area (Å²) in [6.07, 6.45) is 2.27. The molecule has 1 amide bonds. The van der Waals surface area contributed by atoms with E-state index in [0.29, 0.717) is 17.9 Å². The molecule has 0 aliphatic carbocycles. The van der Waals surface area contributed by atoms with E-state index in [1.54, 1.807) is 7.05 Å². The minimum atomic E-state index is -0.208. The van der Waals surface area contributed by atoms with Gasteiger partial charge in [-0.2, -0.15) is 0 Å². The average molecular weight is 284 g/mol. The summed E-state index contributed by atoms with van der Waals surface area (Å²) in [6.45, 7) is 12.7. The maximum absolute atomic E-state index is 11.7. The number of rotatable bonds is 6. The minimum Gasteiger partial charge on any atom is -0.354 e. The van der Waals surface area contributed by atoms with Crippen molar-refractivity contribution in [3.8, 4) is 0 Å². The normalized spacial score (nSPS) is 14.1. The summed E-state index contributed by atoms with van der Waals surface area (Å²) in [5, 5.41) is 9.24. The molecule has 5 nitrogen and oxygen atoms in total. The van der Waals surface area contributed by atoms with Crippen LogP contribution in [0.1, 0.15) is 54.4 Å². The van der Waals surface area contributed by atoms with Gasteiger partial charge in [-0.15, -0.1) is 0 Å². The fourth-order valence-corrected chi connectivity index (χ4v) is 1.71. The first-order chi connectivity index (χ1) is 9.14. The molecule has 0 aliphatic rings. The fraction of sp³-hybridized carbons (Fsp3) is 0.867. The summed E-state index contributed by atoms with van der Waals surface area (Å²) < 4.78 is 0. The van der Waals surface area contributed by atoms with Gasteiger partial charge in [-0.3, -0.25) is 9.79 Å². The second-order valence-corrected chi connectivity index (χ2v) is 6.74. The standard InChI is InChI=1S/C15H32N4O/c1-11(2)8-9-12(3)18-14(16-7)17-10-13(20)19-15(4,5)6/h11-12H,8-10H2,1-7H3,(H,19,20)(H2,16,17,18). The molecule has 0 saturated heterocycles. The van der Waals surface area contributed by atoms with Crippen molar-refractivity contribution in [2.24, 2.45) is 10.9 Å². The molecule has 118 valence electrons. The molecular weight excluding hydrogens is 252 g/mol. The monoisotopic (exact) mass is 284 g/mol. The van der Waals surface area contributed by atoms with E-state index < -0.39 is 0 Å². The van der Waals surface area contributed by atoms with Crippen LogP contribution in [0.15, 0.2) is 4.99 Å². The Labute approximate surface area is 124 Å². The van der Waals surface area contributed by atoms with Gasteiger partial charge in [0.15, 0.2) is 5.96 Å². The first kappa shape index (κ1) is 18.7. The molecule has 0 saturated carbocycles. The van der Waals surface area contributed by atoms with Crippen molar-refractivity contribution in [3.63, 3.8) is 0 Å². The number of hydrogen-bond donors (Lipinski definition) is 3. The van der Waals surface area contributed by atoms with E-state index in [-0.39, 0.29) is 18.0 Å². The molecule has 0 aromatic heterocycles. The number of aliphatic imine (C=N–C) groups is 1. The molecule has 0 aliphatic heterocycles. The number of nitrogens with one attached hydrogen (secondary N) is 3. The largest absolute Gasteiger partial charge is 0.354 e. The lowest BCUT2D eigenvalue weighted by atomic mass is 10.0. The maximum Gasteiger partial charge on any atom is 0.239 e. The van der Waals surface area contributed by atoms with Gasteiger partial charge in [0.2, 0.25) is 5.91 Å². The van der Waals surface area contributed by atoms with E-state index in [4.69, 9.17) is 0 Å². The van der Waals surface area contributed by atoms with Gasteiger partial charge in [0, 0.05) is 18.6 Å². The average Bonchev–Trinajstić information content (AvgIpc) is 2.29. The van der Waals surface area contributed by atoms with Crippen LogP contribution in [0, 0.1) is 5.92 Å². The summed E-state index contributed by atoms with van der Waals surface area (Å²) in [7, 11) is 1.71. The predicted molar refractivity (Wildman–Crippen MR) is 85.9 cm³/mol. The van der Waals surface area contributed by atoms with Crippen LogP contribution in [0.3, 0.4) is 0 Å². The molecule has 0 spiro atoms. The third-order valence-electron chi connectivity index (χ3n) is 2.71. The van der Waals surface area contributed by atoms with Crippen molar-refractivity contribution in [1.82, 2.24) is 16.0 Å². The Morgan fingerprint density at radius 2 is 1.75 bits per heavy atom. The zero-order valence-corrected chi connectivity index (χ0v) is 14.1. The van der Waals surface area contributed by atoms with Gasteiger partial charge >= 0.3 is 0 Å². The number of carbonyl (C=O) groups excluding carboxylic acids is 1. The highest BCUT2D eigenvalue weighted by atomic mass is 16.2. The van der Waals surface area contributed by atoms with Gasteiger partial charge in [0.05, 0.1) is 6.54 Å². The van der Waals surface area contributed by atoms with Crippen LogP contribution in [0.2, 0.25) is 0 Å². The van der Waals surface area contributed by atoms with E-state index >= 15 is 0 Å². The van der Waals surface area contributed by atoms with Crippen molar-refractivity contribution in [2.45, 2.75) is 66.0 Å². The van der Waals surface area contributed by atoms with Crippen molar-refractivity contribution in [1.29, 1.82) is 0 Å². The molecule has 0 bridgehead atoms. The SMILES string of the molecule is CN=C(NCC(=O)NC(C)(C)C)NC(C)CCC(C)C. The van der Waals surface area contributed by atoms with Gasteiger partial charge in [0.25, 0.3) is 0 Å². The van der Waals surface area contributed by atoms with Crippen molar-refractivity contribution in [3.05, 3.63) is 0 Å². The van der Waals surface area contributed by atoms with E-state index in [0.717, 1.165) is 6.42 Å². The molecule has 0 radical (unpaired) electrons. The molecule has 3 N–H and O–H groups in total. The van der Waals surface area contributed by atoms with Gasteiger partial charge in [0.1, 0.15) is 0 Å². The van der Waals surface area contributed by atoms with Gasteiger partial charge < -0.3 is 16.0 Å². The third-order valence-corrected chi connectivity index (χ3v) is 2.71. The molecule has 1 atom stereocenters. The molecule has 0 heterocycles. The Morgan fingerprint density at radius 3 is 2.20 bits per heavy atom. The van der Waals surface area contributed by atoms with Crippen LogP contribution < -0.4 is 16.0 Å². The van der Waals surface area contributed by atoms with Crippen LogP contribution >= 0.6 is 0 Å². The molecule has 5 heteroatoms. The quantitative estimate of drug-likeness (QED) is 0.515. The minimum absolute atomic E-state index is 0.0321. The van der Waals surface area contributed by atoms with Crippen LogP contribution in [-0.4, -0.2) is 37.0 Å². The van der Waals surface area contributed by atoms with Gasteiger partial charge in [-0.25, -0.2) is 0 Å². The van der Waals surface area contributed by atoms with Crippen molar-refractivity contribution < 1.29 is 4.79 Å². The molecular formula is C15H32N4O. The Hall–Kier alpha value is -1.26. The summed E-state index contributed by atoms with van der Waals surface area (Å²) >= 11 is 0.